The lowest BCUT2D eigenvalue weighted by Gasteiger charge is -2.08. The molecule has 6 heteroatoms. The molecular weight excluding hydrogens is 302 g/mol. The minimum Gasteiger partial charge on any atom is -0.369 e. The molecule has 2 N–H and O–H groups in total. The number of nitrogens with one attached hydrogen (secondary N) is 2. The van der Waals surface area contributed by atoms with Crippen LogP contribution < -0.4 is 10.6 Å². The lowest BCUT2D eigenvalue weighted by atomic mass is 10.2. The Labute approximate surface area is 140 Å². The van der Waals surface area contributed by atoms with Gasteiger partial charge in [0.25, 0.3) is 0 Å². The summed E-state index contributed by atoms with van der Waals surface area (Å²) in [6.45, 7) is 1.19. The van der Waals surface area contributed by atoms with Crippen LogP contribution in [0, 0.1) is 0 Å². The molecule has 0 fully saturated rings. The molecule has 1 aromatic carbocycles. The Hall–Kier alpha value is -3.02. The predicted molar refractivity (Wildman–Crippen MR) is 93.3 cm³/mol. The minimum absolute atomic E-state index is 0.0354. The maximum Gasteiger partial charge on any atom is 0.220 e. The molecule has 6 nitrogen and oxygen atoms in total. The Morgan fingerprint density at radius 1 is 1.08 bits per heavy atom. The second-order valence-corrected chi connectivity index (χ2v) is 5.41. The van der Waals surface area contributed by atoms with Crippen molar-refractivity contribution < 1.29 is 4.79 Å². The van der Waals surface area contributed by atoms with Crippen LogP contribution in [0.4, 0.5) is 5.82 Å². The highest BCUT2D eigenvalue weighted by Crippen LogP contribution is 2.18. The molecule has 0 unspecified atom stereocenters. The first-order chi connectivity index (χ1) is 11.8. The molecule has 122 valence electrons. The van der Waals surface area contributed by atoms with E-state index in [-0.39, 0.29) is 5.91 Å². The van der Waals surface area contributed by atoms with Crippen LogP contribution in [0.5, 0.6) is 0 Å². The summed E-state index contributed by atoms with van der Waals surface area (Å²) in [4.78, 5) is 24.4. The molecule has 0 aliphatic rings. The molecule has 0 bridgehead atoms. The Morgan fingerprint density at radius 2 is 2.00 bits per heavy atom. The van der Waals surface area contributed by atoms with Gasteiger partial charge in [0.2, 0.25) is 5.91 Å². The summed E-state index contributed by atoms with van der Waals surface area (Å²) in [5.41, 5.74) is 1.90. The van der Waals surface area contributed by atoms with Crippen LogP contribution in [0.1, 0.15) is 18.4 Å². The summed E-state index contributed by atoms with van der Waals surface area (Å²) >= 11 is 0. The van der Waals surface area contributed by atoms with E-state index < -0.39 is 0 Å². The van der Waals surface area contributed by atoms with Crippen molar-refractivity contribution in [1.82, 2.24) is 20.3 Å². The molecule has 0 saturated carbocycles. The van der Waals surface area contributed by atoms with Gasteiger partial charge in [0.15, 0.2) is 0 Å². The lowest BCUT2D eigenvalue weighted by molar-refractivity contribution is -0.121. The second-order valence-electron chi connectivity index (χ2n) is 5.41. The standard InChI is InChI=1S/C18H19N5O/c24-17(21-12-14-5-3-9-19-11-14)8-4-10-20-18-15-6-1-2-7-16(15)22-13-23-18/h1-3,5-7,9,11,13H,4,8,10,12H2,(H,21,24)(H,20,22,23). The van der Waals surface area contributed by atoms with Gasteiger partial charge in [0.1, 0.15) is 12.1 Å². The molecule has 0 saturated heterocycles. The zero-order valence-electron chi connectivity index (χ0n) is 13.3. The number of para-hydroxylation sites is 1. The summed E-state index contributed by atoms with van der Waals surface area (Å²) in [6, 6.07) is 11.6. The largest absolute Gasteiger partial charge is 0.369 e. The van der Waals surface area contributed by atoms with Gasteiger partial charge in [0, 0.05) is 37.3 Å². The van der Waals surface area contributed by atoms with Crippen molar-refractivity contribution >= 4 is 22.6 Å². The number of fused-ring (bicyclic) bond motifs is 1. The molecule has 2 aromatic heterocycles. The molecule has 0 aliphatic heterocycles. The van der Waals surface area contributed by atoms with E-state index in [2.05, 4.69) is 25.6 Å². The van der Waals surface area contributed by atoms with Crippen molar-refractivity contribution in [2.45, 2.75) is 19.4 Å². The van der Waals surface area contributed by atoms with Crippen LogP contribution >= 0.6 is 0 Å². The highest BCUT2D eigenvalue weighted by atomic mass is 16.1. The molecule has 2 heterocycles. The molecule has 24 heavy (non-hydrogen) atoms. The third-order valence-electron chi connectivity index (χ3n) is 3.63. The van der Waals surface area contributed by atoms with Gasteiger partial charge in [-0.15, -0.1) is 0 Å². The summed E-state index contributed by atoms with van der Waals surface area (Å²) in [5.74, 6) is 0.838. The van der Waals surface area contributed by atoms with Crippen molar-refractivity contribution in [1.29, 1.82) is 0 Å². The van der Waals surface area contributed by atoms with Crippen LogP contribution in [0.3, 0.4) is 0 Å². The number of benzene rings is 1. The maximum atomic E-state index is 11.9. The van der Waals surface area contributed by atoms with E-state index in [1.54, 1.807) is 18.7 Å². The number of pyridine rings is 1. The van der Waals surface area contributed by atoms with Crippen LogP contribution in [0.25, 0.3) is 10.9 Å². The summed E-state index contributed by atoms with van der Waals surface area (Å²) < 4.78 is 0. The third-order valence-corrected chi connectivity index (χ3v) is 3.63. The van der Waals surface area contributed by atoms with E-state index in [0.29, 0.717) is 19.5 Å². The van der Waals surface area contributed by atoms with Gasteiger partial charge < -0.3 is 10.6 Å². The Kier molecular flexibility index (Phi) is 5.29. The molecule has 3 rings (SSSR count). The summed E-state index contributed by atoms with van der Waals surface area (Å²) in [5, 5.41) is 7.16. The highest BCUT2D eigenvalue weighted by molar-refractivity contribution is 5.88. The highest BCUT2D eigenvalue weighted by Gasteiger charge is 2.04. The van der Waals surface area contributed by atoms with Crippen LogP contribution in [0.2, 0.25) is 0 Å². The van der Waals surface area contributed by atoms with E-state index >= 15 is 0 Å². The Bertz CT molecular complexity index is 801. The zero-order valence-corrected chi connectivity index (χ0v) is 13.3. The fourth-order valence-corrected chi connectivity index (χ4v) is 2.39. The van der Waals surface area contributed by atoms with Crippen LogP contribution in [0.15, 0.2) is 55.1 Å². The van der Waals surface area contributed by atoms with Gasteiger partial charge in [-0.25, -0.2) is 9.97 Å². The molecule has 3 aromatic rings. The number of anilines is 1. The number of carbonyl (C=O) groups is 1. The van der Waals surface area contributed by atoms with Gasteiger partial charge in [-0.2, -0.15) is 0 Å². The lowest BCUT2D eigenvalue weighted by Crippen LogP contribution is -2.23. The predicted octanol–water partition coefficient (Wildman–Crippen LogP) is 2.53. The average molecular weight is 321 g/mol. The number of carbonyl (C=O) groups excluding carboxylic acids is 1. The number of rotatable bonds is 7. The fourth-order valence-electron chi connectivity index (χ4n) is 2.39. The van der Waals surface area contributed by atoms with Gasteiger partial charge >= 0.3 is 0 Å². The zero-order chi connectivity index (χ0) is 16.6. The van der Waals surface area contributed by atoms with Gasteiger partial charge in [-0.1, -0.05) is 18.2 Å². The first kappa shape index (κ1) is 15.9. The molecular formula is C18H19N5O. The van der Waals surface area contributed by atoms with Gasteiger partial charge in [-0.3, -0.25) is 9.78 Å². The van der Waals surface area contributed by atoms with Gasteiger partial charge in [0.05, 0.1) is 5.52 Å². The third kappa shape index (κ3) is 4.25. The van der Waals surface area contributed by atoms with Crippen LogP contribution in [-0.2, 0) is 11.3 Å². The quantitative estimate of drug-likeness (QED) is 0.654. The normalized spacial score (nSPS) is 10.5. The number of hydrogen-bond acceptors (Lipinski definition) is 5. The number of hydrogen-bond donors (Lipinski definition) is 2. The molecule has 0 radical (unpaired) electrons. The summed E-state index contributed by atoms with van der Waals surface area (Å²) in [6.07, 6.45) is 6.22. The second kappa shape index (κ2) is 8.01. The van der Waals surface area contributed by atoms with Crippen molar-refractivity contribution in [3.8, 4) is 0 Å². The molecule has 0 aliphatic carbocycles. The van der Waals surface area contributed by atoms with Crippen molar-refractivity contribution in [3.63, 3.8) is 0 Å². The Balaban J connectivity index is 1.42. The topological polar surface area (TPSA) is 79.8 Å². The van der Waals surface area contributed by atoms with Crippen molar-refractivity contribution in [2.24, 2.45) is 0 Å². The van der Waals surface area contributed by atoms with Crippen molar-refractivity contribution in [3.05, 3.63) is 60.7 Å². The van der Waals surface area contributed by atoms with E-state index in [1.807, 2.05) is 36.4 Å². The molecule has 0 spiro atoms. The van der Waals surface area contributed by atoms with E-state index in [9.17, 15) is 4.79 Å². The maximum absolute atomic E-state index is 11.9. The SMILES string of the molecule is O=C(CCCNc1ncnc2ccccc12)NCc1cccnc1. The Morgan fingerprint density at radius 3 is 2.88 bits per heavy atom. The van der Waals surface area contributed by atoms with E-state index in [1.165, 1.54) is 0 Å². The first-order valence-electron chi connectivity index (χ1n) is 7.92. The minimum atomic E-state index is 0.0354. The van der Waals surface area contributed by atoms with Crippen LogP contribution in [-0.4, -0.2) is 27.4 Å². The smallest absolute Gasteiger partial charge is 0.220 e. The van der Waals surface area contributed by atoms with E-state index in [0.717, 1.165) is 28.7 Å². The van der Waals surface area contributed by atoms with Crippen molar-refractivity contribution in [2.75, 3.05) is 11.9 Å². The molecule has 1 amide bonds. The number of aromatic nitrogens is 3. The monoisotopic (exact) mass is 321 g/mol. The fraction of sp³-hybridized carbons (Fsp3) is 0.222. The molecule has 0 atom stereocenters. The number of nitrogens with zero attached hydrogens (tertiary/aromatic N) is 3. The first-order valence-corrected chi connectivity index (χ1v) is 7.92. The average Bonchev–Trinajstić information content (AvgIpc) is 2.64. The van der Waals surface area contributed by atoms with Gasteiger partial charge in [-0.05, 0) is 30.2 Å². The summed E-state index contributed by atoms with van der Waals surface area (Å²) in [7, 11) is 0. The number of amides is 1. The van der Waals surface area contributed by atoms with E-state index in [4.69, 9.17) is 0 Å².